The molecule has 1 atom stereocenters. The summed E-state index contributed by atoms with van der Waals surface area (Å²) in [5.41, 5.74) is 4.70. The second kappa shape index (κ2) is 8.23. The van der Waals surface area contributed by atoms with Gasteiger partial charge in [-0.2, -0.15) is 0 Å². The van der Waals surface area contributed by atoms with Crippen LogP contribution in [0.3, 0.4) is 0 Å². The van der Waals surface area contributed by atoms with Crippen LogP contribution < -0.4 is 15.0 Å². The van der Waals surface area contributed by atoms with E-state index in [1.54, 1.807) is 13.2 Å². The Bertz CT molecular complexity index is 845. The molecule has 2 aromatic carbocycles. The number of nitrogens with one attached hydrogen (secondary N) is 1. The van der Waals surface area contributed by atoms with Gasteiger partial charge in [0, 0.05) is 31.4 Å². The normalized spacial score (nSPS) is 17.4. The minimum Gasteiger partial charge on any atom is -0.497 e. The maximum absolute atomic E-state index is 12.7. The van der Waals surface area contributed by atoms with E-state index >= 15 is 0 Å². The lowest BCUT2D eigenvalue weighted by Gasteiger charge is -2.29. The van der Waals surface area contributed by atoms with Gasteiger partial charge in [0.1, 0.15) is 5.75 Å². The number of hydrogen-bond donors (Lipinski definition) is 1. The number of rotatable bonds is 6. The third kappa shape index (κ3) is 3.85. The molecule has 1 N–H and O–H groups in total. The zero-order valence-electron chi connectivity index (χ0n) is 16.8. The van der Waals surface area contributed by atoms with Crippen molar-refractivity contribution in [3.05, 3.63) is 59.2 Å². The first-order valence-electron chi connectivity index (χ1n) is 10.2. The molecular formula is C23H29N3O2. The predicted octanol–water partition coefficient (Wildman–Crippen LogP) is 3.25. The van der Waals surface area contributed by atoms with E-state index in [0.29, 0.717) is 17.9 Å². The molecule has 1 amide bonds. The van der Waals surface area contributed by atoms with Crippen LogP contribution in [0.1, 0.15) is 40.4 Å². The van der Waals surface area contributed by atoms with E-state index in [9.17, 15) is 4.79 Å². The molecule has 5 nitrogen and oxygen atoms in total. The fraction of sp³-hybridized carbons (Fsp3) is 0.435. The lowest BCUT2D eigenvalue weighted by Crippen LogP contribution is -2.36. The van der Waals surface area contributed by atoms with E-state index in [0.717, 1.165) is 26.1 Å². The second-order valence-electron chi connectivity index (χ2n) is 7.76. The number of anilines is 1. The van der Waals surface area contributed by atoms with Gasteiger partial charge < -0.3 is 15.0 Å². The van der Waals surface area contributed by atoms with E-state index in [1.807, 2.05) is 18.2 Å². The van der Waals surface area contributed by atoms with Gasteiger partial charge in [-0.05, 0) is 67.7 Å². The van der Waals surface area contributed by atoms with Crippen molar-refractivity contribution in [1.82, 2.24) is 10.2 Å². The Morgan fingerprint density at radius 3 is 2.75 bits per heavy atom. The quantitative estimate of drug-likeness (QED) is 0.837. The molecule has 28 heavy (non-hydrogen) atoms. The highest BCUT2D eigenvalue weighted by atomic mass is 16.5. The molecule has 0 spiro atoms. The Balaban J connectivity index is 1.51. The van der Waals surface area contributed by atoms with Crippen LogP contribution in [0.2, 0.25) is 0 Å². The zero-order chi connectivity index (χ0) is 19.5. The van der Waals surface area contributed by atoms with Crippen LogP contribution >= 0.6 is 0 Å². The van der Waals surface area contributed by atoms with Crippen molar-refractivity contribution in [2.24, 2.45) is 0 Å². The number of carbonyl (C=O) groups is 1. The topological polar surface area (TPSA) is 44.8 Å². The fourth-order valence-electron chi connectivity index (χ4n) is 4.36. The third-order valence-electron chi connectivity index (χ3n) is 5.99. The van der Waals surface area contributed by atoms with Crippen molar-refractivity contribution in [2.75, 3.05) is 45.2 Å². The van der Waals surface area contributed by atoms with Crippen molar-refractivity contribution in [2.45, 2.75) is 25.3 Å². The Morgan fingerprint density at radius 2 is 1.96 bits per heavy atom. The Kier molecular flexibility index (Phi) is 5.53. The molecule has 0 bridgehead atoms. The molecule has 2 aliphatic rings. The van der Waals surface area contributed by atoms with Gasteiger partial charge in [0.05, 0.1) is 13.2 Å². The van der Waals surface area contributed by atoms with E-state index in [1.165, 1.54) is 29.7 Å². The van der Waals surface area contributed by atoms with Crippen molar-refractivity contribution >= 4 is 11.6 Å². The highest BCUT2D eigenvalue weighted by molar-refractivity contribution is 5.94. The minimum absolute atomic E-state index is 0.0519. The minimum atomic E-state index is -0.0519. The van der Waals surface area contributed by atoms with Crippen molar-refractivity contribution in [3.8, 4) is 5.75 Å². The van der Waals surface area contributed by atoms with Gasteiger partial charge in [-0.3, -0.25) is 9.69 Å². The monoisotopic (exact) mass is 379 g/mol. The van der Waals surface area contributed by atoms with E-state index in [2.05, 4.69) is 40.4 Å². The number of likely N-dealkylation sites (tertiary alicyclic amines) is 1. The molecule has 148 valence electrons. The van der Waals surface area contributed by atoms with Gasteiger partial charge in [-0.25, -0.2) is 0 Å². The molecule has 0 aliphatic carbocycles. The Labute approximate surface area is 167 Å². The van der Waals surface area contributed by atoms with Gasteiger partial charge in [-0.1, -0.05) is 18.2 Å². The van der Waals surface area contributed by atoms with Crippen LogP contribution in [0, 0.1) is 0 Å². The molecule has 0 aromatic heterocycles. The summed E-state index contributed by atoms with van der Waals surface area (Å²) in [5, 5.41) is 3.16. The van der Waals surface area contributed by atoms with Gasteiger partial charge >= 0.3 is 0 Å². The summed E-state index contributed by atoms with van der Waals surface area (Å²) in [6.45, 7) is 3.89. The smallest absolute Gasteiger partial charge is 0.251 e. The molecule has 0 radical (unpaired) electrons. The van der Waals surface area contributed by atoms with Crippen LogP contribution in [0.4, 0.5) is 5.69 Å². The second-order valence-corrected chi connectivity index (χ2v) is 7.76. The summed E-state index contributed by atoms with van der Waals surface area (Å²) < 4.78 is 5.24. The maximum atomic E-state index is 12.7. The molecular weight excluding hydrogens is 350 g/mol. The Hall–Kier alpha value is -2.53. The summed E-state index contributed by atoms with van der Waals surface area (Å²) in [4.78, 5) is 17.5. The van der Waals surface area contributed by atoms with E-state index in [4.69, 9.17) is 4.74 Å². The highest BCUT2D eigenvalue weighted by Gasteiger charge is 2.26. The molecule has 2 aliphatic heterocycles. The first kappa shape index (κ1) is 18.8. The molecule has 1 saturated heterocycles. The van der Waals surface area contributed by atoms with Crippen molar-refractivity contribution < 1.29 is 9.53 Å². The third-order valence-corrected chi connectivity index (χ3v) is 5.99. The zero-order valence-corrected chi connectivity index (χ0v) is 16.8. The summed E-state index contributed by atoms with van der Waals surface area (Å²) in [5.74, 6) is 0.649. The van der Waals surface area contributed by atoms with Gasteiger partial charge in [-0.15, -0.1) is 0 Å². The van der Waals surface area contributed by atoms with Gasteiger partial charge in [0.25, 0.3) is 5.91 Å². The number of benzene rings is 2. The van der Waals surface area contributed by atoms with Crippen molar-refractivity contribution in [1.29, 1.82) is 0 Å². The van der Waals surface area contributed by atoms with Crippen molar-refractivity contribution in [3.63, 3.8) is 0 Å². The highest BCUT2D eigenvalue weighted by Crippen LogP contribution is 2.32. The SMILES string of the molecule is COc1cccc(C(=O)NCC(c2ccc3c(c2)CCN3C)N2CCCC2)c1. The number of carbonyl (C=O) groups excluding carboxylic acids is 1. The van der Waals surface area contributed by atoms with E-state index in [-0.39, 0.29) is 11.9 Å². The van der Waals surface area contributed by atoms with Crippen LogP contribution in [0.15, 0.2) is 42.5 Å². The largest absolute Gasteiger partial charge is 0.497 e. The van der Waals surface area contributed by atoms with Crippen LogP contribution in [-0.2, 0) is 6.42 Å². The van der Waals surface area contributed by atoms with Crippen LogP contribution in [0.5, 0.6) is 5.75 Å². The summed E-state index contributed by atoms with van der Waals surface area (Å²) in [7, 11) is 3.77. The van der Waals surface area contributed by atoms with Crippen LogP contribution in [-0.4, -0.2) is 51.1 Å². The average Bonchev–Trinajstić information content (AvgIpc) is 3.38. The van der Waals surface area contributed by atoms with Gasteiger partial charge in [0.15, 0.2) is 0 Å². The molecule has 5 heteroatoms. The molecule has 1 unspecified atom stereocenters. The number of ether oxygens (including phenoxy) is 1. The first-order valence-corrected chi connectivity index (χ1v) is 10.2. The fourth-order valence-corrected chi connectivity index (χ4v) is 4.36. The number of hydrogen-bond acceptors (Lipinski definition) is 4. The summed E-state index contributed by atoms with van der Waals surface area (Å²) in [6, 6.07) is 14.4. The van der Waals surface area contributed by atoms with E-state index < -0.39 is 0 Å². The standard InChI is InChI=1S/C23H29N3O2/c1-25-13-10-18-14-17(8-9-21(18)25)22(26-11-3-4-12-26)16-24-23(27)19-6-5-7-20(15-19)28-2/h5-9,14-15,22H,3-4,10-13,16H2,1-2H3,(H,24,27). The lowest BCUT2D eigenvalue weighted by molar-refractivity contribution is 0.0937. The number of fused-ring (bicyclic) bond motifs is 1. The average molecular weight is 380 g/mol. The lowest BCUT2D eigenvalue weighted by atomic mass is 10.0. The molecule has 1 fully saturated rings. The molecule has 2 aromatic rings. The maximum Gasteiger partial charge on any atom is 0.251 e. The molecule has 4 rings (SSSR count). The number of nitrogens with zero attached hydrogens (tertiary/aromatic N) is 2. The Morgan fingerprint density at radius 1 is 1.14 bits per heavy atom. The predicted molar refractivity (Wildman–Crippen MR) is 112 cm³/mol. The van der Waals surface area contributed by atoms with Crippen LogP contribution in [0.25, 0.3) is 0 Å². The molecule has 2 heterocycles. The summed E-state index contributed by atoms with van der Waals surface area (Å²) >= 11 is 0. The summed E-state index contributed by atoms with van der Waals surface area (Å²) in [6.07, 6.45) is 3.56. The van der Waals surface area contributed by atoms with Gasteiger partial charge in [0.2, 0.25) is 0 Å². The number of likely N-dealkylation sites (N-methyl/N-ethyl adjacent to an activating group) is 1. The number of methoxy groups -OCH3 is 1. The first-order chi connectivity index (χ1) is 13.7. The molecule has 0 saturated carbocycles. The number of amides is 1.